The normalized spacial score (nSPS) is 22.5. The van der Waals surface area contributed by atoms with Crippen LogP contribution in [0.15, 0.2) is 0 Å². The van der Waals surface area contributed by atoms with Crippen molar-refractivity contribution in [2.24, 2.45) is 5.92 Å². The number of amides is 1. The van der Waals surface area contributed by atoms with Crippen molar-refractivity contribution < 1.29 is 4.79 Å². The van der Waals surface area contributed by atoms with Gasteiger partial charge in [0.1, 0.15) is 0 Å². The minimum absolute atomic E-state index is 0.0696. The predicted molar refractivity (Wildman–Crippen MR) is 56.6 cm³/mol. The van der Waals surface area contributed by atoms with Gasteiger partial charge >= 0.3 is 0 Å². The van der Waals surface area contributed by atoms with Gasteiger partial charge in [0.05, 0.1) is 11.5 Å². The van der Waals surface area contributed by atoms with E-state index in [2.05, 4.69) is 16.6 Å². The number of carbonyl (C=O) groups is 1. The van der Waals surface area contributed by atoms with Crippen LogP contribution in [0.2, 0.25) is 0 Å². The third kappa shape index (κ3) is 3.04. The molecule has 0 aliphatic carbocycles. The fraction of sp³-hybridized carbons (Fsp3) is 0.727. The first-order valence-corrected chi connectivity index (χ1v) is 5.06. The first-order chi connectivity index (χ1) is 6.55. The second kappa shape index (κ2) is 4.47. The third-order valence-electron chi connectivity index (χ3n) is 2.46. The van der Waals surface area contributed by atoms with Gasteiger partial charge in [0.25, 0.3) is 0 Å². The minimum Gasteiger partial charge on any atom is -0.340 e. The van der Waals surface area contributed by atoms with E-state index in [1.54, 1.807) is 0 Å². The molecule has 0 aromatic rings. The van der Waals surface area contributed by atoms with Crippen LogP contribution in [0.4, 0.5) is 0 Å². The minimum atomic E-state index is -0.533. The van der Waals surface area contributed by atoms with E-state index in [0.29, 0.717) is 0 Å². The van der Waals surface area contributed by atoms with Crippen LogP contribution >= 0.6 is 0 Å². The summed E-state index contributed by atoms with van der Waals surface area (Å²) in [7, 11) is 0. The average Bonchev–Trinajstić information content (AvgIpc) is 2.19. The number of hydrogen-bond acceptors (Lipinski definition) is 2. The van der Waals surface area contributed by atoms with Crippen LogP contribution in [0.25, 0.3) is 0 Å². The number of nitrogens with one attached hydrogen (secondary N) is 2. The van der Waals surface area contributed by atoms with E-state index in [1.165, 1.54) is 0 Å². The zero-order valence-electron chi connectivity index (χ0n) is 8.89. The van der Waals surface area contributed by atoms with Crippen molar-refractivity contribution in [2.45, 2.75) is 32.2 Å². The Labute approximate surface area is 85.6 Å². The SMILES string of the molecule is C#CC(C)(C)NC(=O)[C@@H]1CCCNC1. The molecule has 1 aliphatic heterocycles. The van der Waals surface area contributed by atoms with Crippen molar-refractivity contribution in [2.75, 3.05) is 13.1 Å². The highest BCUT2D eigenvalue weighted by atomic mass is 16.2. The zero-order chi connectivity index (χ0) is 10.6. The molecule has 1 rings (SSSR count). The standard InChI is InChI=1S/C11H18N2O/c1-4-11(2,3)13-10(14)9-6-5-7-12-8-9/h1,9,12H,5-8H2,2-3H3,(H,13,14)/t9-/m1/s1. The molecule has 1 aliphatic rings. The number of piperidine rings is 1. The van der Waals surface area contributed by atoms with E-state index in [0.717, 1.165) is 25.9 Å². The lowest BCUT2D eigenvalue weighted by molar-refractivity contribution is -0.126. The second-order valence-electron chi connectivity index (χ2n) is 4.30. The summed E-state index contributed by atoms with van der Waals surface area (Å²) in [6, 6.07) is 0. The van der Waals surface area contributed by atoms with Crippen LogP contribution < -0.4 is 10.6 Å². The molecule has 14 heavy (non-hydrogen) atoms. The fourth-order valence-corrected chi connectivity index (χ4v) is 1.52. The molecule has 2 N–H and O–H groups in total. The molecule has 1 atom stereocenters. The average molecular weight is 194 g/mol. The highest BCUT2D eigenvalue weighted by Crippen LogP contribution is 2.11. The summed E-state index contributed by atoms with van der Waals surface area (Å²) in [6.07, 6.45) is 7.33. The Hall–Kier alpha value is -1.01. The van der Waals surface area contributed by atoms with Gasteiger partial charge in [0, 0.05) is 6.54 Å². The number of carbonyl (C=O) groups excluding carboxylic acids is 1. The van der Waals surface area contributed by atoms with Gasteiger partial charge < -0.3 is 10.6 Å². The third-order valence-corrected chi connectivity index (χ3v) is 2.46. The van der Waals surface area contributed by atoms with E-state index >= 15 is 0 Å². The van der Waals surface area contributed by atoms with Crippen molar-refractivity contribution >= 4 is 5.91 Å². The molecule has 3 heteroatoms. The summed E-state index contributed by atoms with van der Waals surface area (Å²) in [4.78, 5) is 11.7. The van der Waals surface area contributed by atoms with Crippen LogP contribution in [0, 0.1) is 18.3 Å². The molecule has 0 aromatic heterocycles. The molecule has 0 unspecified atom stereocenters. The molecule has 3 nitrogen and oxygen atoms in total. The highest BCUT2D eigenvalue weighted by Gasteiger charge is 2.25. The maximum absolute atomic E-state index is 11.7. The lowest BCUT2D eigenvalue weighted by Gasteiger charge is -2.26. The Morgan fingerprint density at radius 3 is 2.86 bits per heavy atom. The van der Waals surface area contributed by atoms with E-state index in [-0.39, 0.29) is 11.8 Å². The molecule has 78 valence electrons. The van der Waals surface area contributed by atoms with Crippen molar-refractivity contribution in [1.29, 1.82) is 0 Å². The molecule has 0 radical (unpaired) electrons. The highest BCUT2D eigenvalue weighted by molar-refractivity contribution is 5.80. The van der Waals surface area contributed by atoms with Gasteiger partial charge in [-0.3, -0.25) is 4.79 Å². The van der Waals surface area contributed by atoms with Gasteiger partial charge in [-0.25, -0.2) is 0 Å². The summed E-state index contributed by atoms with van der Waals surface area (Å²) >= 11 is 0. The first-order valence-electron chi connectivity index (χ1n) is 5.06. The van der Waals surface area contributed by atoms with Crippen LogP contribution in [0.1, 0.15) is 26.7 Å². The number of terminal acetylenes is 1. The Kier molecular flexibility index (Phi) is 3.54. The molecule has 0 spiro atoms. The smallest absolute Gasteiger partial charge is 0.225 e. The topological polar surface area (TPSA) is 41.1 Å². The van der Waals surface area contributed by atoms with Crippen molar-refractivity contribution in [3.8, 4) is 12.3 Å². The fourth-order valence-electron chi connectivity index (χ4n) is 1.52. The van der Waals surface area contributed by atoms with Gasteiger partial charge in [-0.1, -0.05) is 5.92 Å². The quantitative estimate of drug-likeness (QED) is 0.629. The van der Waals surface area contributed by atoms with Gasteiger partial charge in [-0.15, -0.1) is 6.42 Å². The van der Waals surface area contributed by atoms with Crippen LogP contribution in [0.3, 0.4) is 0 Å². The molecule has 1 heterocycles. The lowest BCUT2D eigenvalue weighted by atomic mass is 9.97. The van der Waals surface area contributed by atoms with Crippen LogP contribution in [-0.4, -0.2) is 24.5 Å². The Bertz CT molecular complexity index is 247. The Morgan fingerprint density at radius 1 is 1.64 bits per heavy atom. The van der Waals surface area contributed by atoms with E-state index in [1.807, 2.05) is 13.8 Å². The maximum atomic E-state index is 11.7. The van der Waals surface area contributed by atoms with Crippen LogP contribution in [-0.2, 0) is 4.79 Å². The Morgan fingerprint density at radius 2 is 2.36 bits per heavy atom. The summed E-state index contributed by atoms with van der Waals surface area (Å²) in [6.45, 7) is 5.46. The first kappa shape index (κ1) is 11.1. The van der Waals surface area contributed by atoms with E-state index < -0.39 is 5.54 Å². The second-order valence-corrected chi connectivity index (χ2v) is 4.30. The van der Waals surface area contributed by atoms with Crippen LogP contribution in [0.5, 0.6) is 0 Å². The summed E-state index contributed by atoms with van der Waals surface area (Å²) < 4.78 is 0. The largest absolute Gasteiger partial charge is 0.340 e. The van der Waals surface area contributed by atoms with Crippen molar-refractivity contribution in [1.82, 2.24) is 10.6 Å². The Balaban J connectivity index is 2.45. The number of rotatable bonds is 2. The molecule has 1 fully saturated rings. The summed E-state index contributed by atoms with van der Waals surface area (Å²) in [5.41, 5.74) is -0.533. The molecule has 1 saturated heterocycles. The van der Waals surface area contributed by atoms with Crippen molar-refractivity contribution in [3.05, 3.63) is 0 Å². The molecular weight excluding hydrogens is 176 g/mol. The predicted octanol–water partition coefficient (Wildman–Crippen LogP) is 0.514. The molecule has 1 amide bonds. The van der Waals surface area contributed by atoms with E-state index in [4.69, 9.17) is 6.42 Å². The summed E-state index contributed by atoms with van der Waals surface area (Å²) in [5, 5.41) is 6.07. The van der Waals surface area contributed by atoms with Gasteiger partial charge in [-0.05, 0) is 33.2 Å². The number of hydrogen-bond donors (Lipinski definition) is 2. The zero-order valence-corrected chi connectivity index (χ0v) is 8.89. The lowest BCUT2D eigenvalue weighted by Crippen LogP contribution is -2.48. The summed E-state index contributed by atoms with van der Waals surface area (Å²) in [5.74, 6) is 2.71. The molecule has 0 aromatic carbocycles. The maximum Gasteiger partial charge on any atom is 0.225 e. The van der Waals surface area contributed by atoms with Gasteiger partial charge in [0.15, 0.2) is 0 Å². The molecular formula is C11H18N2O. The van der Waals surface area contributed by atoms with Gasteiger partial charge in [-0.2, -0.15) is 0 Å². The van der Waals surface area contributed by atoms with Crippen molar-refractivity contribution in [3.63, 3.8) is 0 Å². The molecule has 0 bridgehead atoms. The molecule has 0 saturated carbocycles. The monoisotopic (exact) mass is 194 g/mol. The van der Waals surface area contributed by atoms with E-state index in [9.17, 15) is 4.79 Å². The van der Waals surface area contributed by atoms with Gasteiger partial charge in [0.2, 0.25) is 5.91 Å².